The molecule has 2 N–H and O–H groups in total. The molecular formula is C13H17NO2S. The monoisotopic (exact) mass is 251 g/mol. The molecule has 0 spiro atoms. The minimum atomic E-state index is 0.130. The number of carbonyl (C=O) groups excluding carboxylic acids is 1. The first-order chi connectivity index (χ1) is 8.29. The molecule has 1 atom stereocenters. The number of amides is 1. The molecule has 1 aromatic rings. The second kappa shape index (κ2) is 6.07. The lowest BCUT2D eigenvalue weighted by Gasteiger charge is -2.10. The van der Waals surface area contributed by atoms with Crippen LogP contribution in [0.3, 0.4) is 0 Å². The molecule has 1 fully saturated rings. The largest absolute Gasteiger partial charge is 0.396 e. The molecule has 1 saturated heterocycles. The molecule has 1 heterocycles. The van der Waals surface area contributed by atoms with E-state index in [9.17, 15) is 4.79 Å². The fraction of sp³-hybridized carbons (Fsp3) is 0.462. The molecule has 0 aliphatic carbocycles. The van der Waals surface area contributed by atoms with E-state index in [1.807, 2.05) is 36.0 Å². The quantitative estimate of drug-likeness (QED) is 0.859. The van der Waals surface area contributed by atoms with Gasteiger partial charge >= 0.3 is 0 Å². The van der Waals surface area contributed by atoms with E-state index in [0.717, 1.165) is 29.2 Å². The third-order valence-corrected chi connectivity index (χ3v) is 4.08. The van der Waals surface area contributed by atoms with Crippen molar-refractivity contribution in [1.82, 2.24) is 0 Å². The minimum absolute atomic E-state index is 0.130. The highest BCUT2D eigenvalue weighted by Gasteiger charge is 2.22. The van der Waals surface area contributed by atoms with Gasteiger partial charge in [-0.1, -0.05) is 12.1 Å². The zero-order valence-corrected chi connectivity index (χ0v) is 10.5. The number of hydrogen-bond donors (Lipinski definition) is 2. The molecule has 0 aromatic heterocycles. The normalized spacial score (nSPS) is 19.2. The van der Waals surface area contributed by atoms with Crippen LogP contribution in [0.25, 0.3) is 0 Å². The van der Waals surface area contributed by atoms with Crippen LogP contribution in [0.15, 0.2) is 24.3 Å². The van der Waals surface area contributed by atoms with E-state index in [1.54, 1.807) is 0 Å². The van der Waals surface area contributed by atoms with Gasteiger partial charge in [-0.3, -0.25) is 4.79 Å². The Labute approximate surface area is 106 Å². The second-order valence-electron chi connectivity index (χ2n) is 4.22. The molecule has 0 radical (unpaired) electrons. The highest BCUT2D eigenvalue weighted by Crippen LogP contribution is 2.24. The Bertz CT molecular complexity index is 372. The van der Waals surface area contributed by atoms with Gasteiger partial charge in [-0.15, -0.1) is 0 Å². The number of aliphatic hydroxyl groups excluding tert-OH is 1. The molecule has 0 saturated carbocycles. The van der Waals surface area contributed by atoms with Crippen LogP contribution in [0.2, 0.25) is 0 Å². The van der Waals surface area contributed by atoms with Crippen molar-refractivity contribution in [3.05, 3.63) is 29.8 Å². The summed E-state index contributed by atoms with van der Waals surface area (Å²) in [6.07, 6.45) is 1.65. The molecule has 2 rings (SSSR count). The lowest BCUT2D eigenvalue weighted by Crippen LogP contribution is -2.22. The molecule has 1 unspecified atom stereocenters. The van der Waals surface area contributed by atoms with Gasteiger partial charge < -0.3 is 10.4 Å². The van der Waals surface area contributed by atoms with Crippen LogP contribution < -0.4 is 5.32 Å². The summed E-state index contributed by atoms with van der Waals surface area (Å²) in [6, 6.07) is 7.67. The Kier molecular flexibility index (Phi) is 4.45. The van der Waals surface area contributed by atoms with Crippen LogP contribution in [0.5, 0.6) is 0 Å². The van der Waals surface area contributed by atoms with Crippen molar-refractivity contribution >= 4 is 23.4 Å². The number of carbonyl (C=O) groups is 1. The Balaban J connectivity index is 1.91. The summed E-state index contributed by atoms with van der Waals surface area (Å²) < 4.78 is 0. The molecular weight excluding hydrogens is 234 g/mol. The summed E-state index contributed by atoms with van der Waals surface area (Å²) >= 11 is 1.84. The van der Waals surface area contributed by atoms with Gasteiger partial charge in [0.1, 0.15) is 0 Å². The first kappa shape index (κ1) is 12.5. The van der Waals surface area contributed by atoms with Gasteiger partial charge in [0, 0.05) is 24.0 Å². The topological polar surface area (TPSA) is 49.3 Å². The highest BCUT2D eigenvalue weighted by atomic mass is 32.2. The summed E-state index contributed by atoms with van der Waals surface area (Å²) in [5, 5.41) is 11.7. The standard InChI is InChI=1S/C13H17NO2S/c15-7-5-10-1-3-12(4-2-10)14-13(16)11-6-8-17-9-11/h1-4,11,15H,5-9H2,(H,14,16). The SMILES string of the molecule is O=C(Nc1ccc(CCO)cc1)C1CCSC1. The summed E-state index contributed by atoms with van der Waals surface area (Å²) in [5.74, 6) is 2.32. The van der Waals surface area contributed by atoms with Crippen LogP contribution >= 0.6 is 11.8 Å². The smallest absolute Gasteiger partial charge is 0.228 e. The third-order valence-electron chi connectivity index (χ3n) is 2.92. The number of benzene rings is 1. The number of aliphatic hydroxyl groups is 1. The predicted octanol–water partition coefficient (Wildman–Crippen LogP) is 1.91. The van der Waals surface area contributed by atoms with Crippen LogP contribution in [0.4, 0.5) is 5.69 Å². The fourth-order valence-corrected chi connectivity index (χ4v) is 3.09. The second-order valence-corrected chi connectivity index (χ2v) is 5.37. The zero-order chi connectivity index (χ0) is 12.1. The maximum absolute atomic E-state index is 11.9. The molecule has 17 heavy (non-hydrogen) atoms. The van der Waals surface area contributed by atoms with Crippen molar-refractivity contribution in [2.75, 3.05) is 23.4 Å². The van der Waals surface area contributed by atoms with E-state index in [-0.39, 0.29) is 18.4 Å². The van der Waals surface area contributed by atoms with E-state index in [4.69, 9.17) is 5.11 Å². The van der Waals surface area contributed by atoms with Gasteiger partial charge in [0.25, 0.3) is 0 Å². The van der Waals surface area contributed by atoms with Crippen LogP contribution in [0, 0.1) is 5.92 Å². The summed E-state index contributed by atoms with van der Waals surface area (Å²) in [4.78, 5) is 11.9. The average molecular weight is 251 g/mol. The molecule has 92 valence electrons. The van der Waals surface area contributed by atoms with Gasteiger partial charge in [-0.05, 0) is 36.3 Å². The number of rotatable bonds is 4. The number of nitrogens with one attached hydrogen (secondary N) is 1. The minimum Gasteiger partial charge on any atom is -0.396 e. The van der Waals surface area contributed by atoms with Crippen molar-refractivity contribution in [1.29, 1.82) is 0 Å². The Hall–Kier alpha value is -1.00. The lowest BCUT2D eigenvalue weighted by atomic mass is 10.1. The van der Waals surface area contributed by atoms with Crippen molar-refractivity contribution in [2.45, 2.75) is 12.8 Å². The van der Waals surface area contributed by atoms with Gasteiger partial charge in [0.05, 0.1) is 0 Å². The highest BCUT2D eigenvalue weighted by molar-refractivity contribution is 7.99. The van der Waals surface area contributed by atoms with Crippen LogP contribution in [0.1, 0.15) is 12.0 Å². The van der Waals surface area contributed by atoms with Crippen LogP contribution in [-0.2, 0) is 11.2 Å². The summed E-state index contributed by atoms with van der Waals surface area (Å²) in [7, 11) is 0. The van der Waals surface area contributed by atoms with E-state index >= 15 is 0 Å². The van der Waals surface area contributed by atoms with E-state index in [1.165, 1.54) is 0 Å². The van der Waals surface area contributed by atoms with Gasteiger partial charge in [-0.25, -0.2) is 0 Å². The van der Waals surface area contributed by atoms with Crippen molar-refractivity contribution in [3.63, 3.8) is 0 Å². The number of thioether (sulfide) groups is 1. The lowest BCUT2D eigenvalue weighted by molar-refractivity contribution is -0.119. The van der Waals surface area contributed by atoms with Gasteiger partial charge in [-0.2, -0.15) is 11.8 Å². The average Bonchev–Trinajstić information content (AvgIpc) is 2.86. The molecule has 3 nitrogen and oxygen atoms in total. The van der Waals surface area contributed by atoms with E-state index < -0.39 is 0 Å². The van der Waals surface area contributed by atoms with Crippen molar-refractivity contribution in [2.24, 2.45) is 5.92 Å². The molecule has 1 amide bonds. The molecule has 0 bridgehead atoms. The first-order valence-corrected chi connectivity index (χ1v) is 7.03. The Morgan fingerprint density at radius 1 is 1.41 bits per heavy atom. The Morgan fingerprint density at radius 3 is 2.76 bits per heavy atom. The van der Waals surface area contributed by atoms with Gasteiger partial charge in [0.15, 0.2) is 0 Å². The molecule has 1 aliphatic heterocycles. The molecule has 1 aliphatic rings. The van der Waals surface area contributed by atoms with E-state index in [0.29, 0.717) is 6.42 Å². The van der Waals surface area contributed by atoms with Crippen molar-refractivity contribution < 1.29 is 9.90 Å². The molecule has 1 aromatic carbocycles. The summed E-state index contributed by atoms with van der Waals surface area (Å²) in [5.41, 5.74) is 1.93. The maximum Gasteiger partial charge on any atom is 0.228 e. The Morgan fingerprint density at radius 2 is 2.18 bits per heavy atom. The van der Waals surface area contributed by atoms with Crippen LogP contribution in [-0.4, -0.2) is 29.1 Å². The van der Waals surface area contributed by atoms with Crippen molar-refractivity contribution in [3.8, 4) is 0 Å². The predicted molar refractivity (Wildman–Crippen MR) is 71.3 cm³/mol. The first-order valence-electron chi connectivity index (χ1n) is 5.88. The fourth-order valence-electron chi connectivity index (χ4n) is 1.87. The van der Waals surface area contributed by atoms with Gasteiger partial charge in [0.2, 0.25) is 5.91 Å². The molecule has 4 heteroatoms. The number of anilines is 1. The third kappa shape index (κ3) is 3.48. The summed E-state index contributed by atoms with van der Waals surface area (Å²) in [6.45, 7) is 0.158. The number of hydrogen-bond acceptors (Lipinski definition) is 3. The maximum atomic E-state index is 11.9. The van der Waals surface area contributed by atoms with E-state index in [2.05, 4.69) is 5.32 Å². The zero-order valence-electron chi connectivity index (χ0n) is 9.69.